The molecule has 7 heteroatoms. The molecule has 0 amide bonds. The number of nitriles is 1. The summed E-state index contributed by atoms with van der Waals surface area (Å²) in [7, 11) is 0. The summed E-state index contributed by atoms with van der Waals surface area (Å²) in [5.41, 5.74) is 1.41. The Morgan fingerprint density at radius 2 is 2.33 bits per heavy atom. The number of nitro benzene ring substituents is 1. The number of aromatic amines is 1. The SMILES string of the molecule is Cc1ccc([N+](=O)[O-])cc1-c1n[nH]c(CC#N)n1. The molecule has 18 heavy (non-hydrogen) atoms. The lowest BCUT2D eigenvalue weighted by Crippen LogP contribution is -1.92. The van der Waals surface area contributed by atoms with Gasteiger partial charge in [-0.25, -0.2) is 4.98 Å². The molecule has 1 aromatic carbocycles. The molecule has 0 aliphatic rings. The number of nitrogens with one attached hydrogen (secondary N) is 1. The van der Waals surface area contributed by atoms with Gasteiger partial charge in [-0.3, -0.25) is 15.2 Å². The Morgan fingerprint density at radius 1 is 1.56 bits per heavy atom. The minimum Gasteiger partial charge on any atom is -0.262 e. The highest BCUT2D eigenvalue weighted by atomic mass is 16.6. The molecule has 0 fully saturated rings. The van der Waals surface area contributed by atoms with E-state index in [9.17, 15) is 10.1 Å². The Morgan fingerprint density at radius 3 is 3.00 bits per heavy atom. The van der Waals surface area contributed by atoms with Crippen LogP contribution >= 0.6 is 0 Å². The van der Waals surface area contributed by atoms with E-state index in [2.05, 4.69) is 15.2 Å². The molecular formula is C11H9N5O2. The lowest BCUT2D eigenvalue weighted by molar-refractivity contribution is -0.384. The highest BCUT2D eigenvalue weighted by molar-refractivity contribution is 5.63. The molecule has 1 heterocycles. The third kappa shape index (κ3) is 2.17. The fraction of sp³-hybridized carbons (Fsp3) is 0.182. The van der Waals surface area contributed by atoms with Gasteiger partial charge in [0, 0.05) is 17.7 Å². The van der Waals surface area contributed by atoms with Gasteiger partial charge in [-0.15, -0.1) is 0 Å². The molecule has 1 aromatic heterocycles. The van der Waals surface area contributed by atoms with Crippen LogP contribution in [0.3, 0.4) is 0 Å². The van der Waals surface area contributed by atoms with Gasteiger partial charge in [0.05, 0.1) is 17.4 Å². The monoisotopic (exact) mass is 243 g/mol. The van der Waals surface area contributed by atoms with Gasteiger partial charge in [0.2, 0.25) is 0 Å². The zero-order chi connectivity index (χ0) is 13.1. The van der Waals surface area contributed by atoms with Crippen molar-refractivity contribution in [2.75, 3.05) is 0 Å². The van der Waals surface area contributed by atoms with Crippen LogP contribution in [-0.4, -0.2) is 20.1 Å². The summed E-state index contributed by atoms with van der Waals surface area (Å²) < 4.78 is 0. The Bertz CT molecular complexity index is 641. The van der Waals surface area contributed by atoms with Gasteiger partial charge in [0.15, 0.2) is 5.82 Å². The molecule has 7 nitrogen and oxygen atoms in total. The number of non-ortho nitro benzene ring substituents is 1. The molecule has 0 aliphatic carbocycles. The second kappa shape index (κ2) is 4.63. The van der Waals surface area contributed by atoms with Crippen LogP contribution in [0, 0.1) is 28.4 Å². The minimum atomic E-state index is -0.466. The predicted molar refractivity (Wildman–Crippen MR) is 62.5 cm³/mol. The third-order valence-electron chi connectivity index (χ3n) is 2.45. The molecule has 1 N–H and O–H groups in total. The Balaban J connectivity index is 2.45. The van der Waals surface area contributed by atoms with Crippen molar-refractivity contribution in [2.24, 2.45) is 0 Å². The van der Waals surface area contributed by atoms with Gasteiger partial charge in [0.1, 0.15) is 5.82 Å². The van der Waals surface area contributed by atoms with Crippen molar-refractivity contribution in [1.82, 2.24) is 15.2 Å². The molecule has 0 saturated heterocycles. The van der Waals surface area contributed by atoms with Gasteiger partial charge < -0.3 is 0 Å². The van der Waals surface area contributed by atoms with E-state index in [1.807, 2.05) is 13.0 Å². The average Bonchev–Trinajstić information content (AvgIpc) is 2.78. The second-order valence-corrected chi connectivity index (χ2v) is 3.70. The van der Waals surface area contributed by atoms with Gasteiger partial charge >= 0.3 is 0 Å². The van der Waals surface area contributed by atoms with Gasteiger partial charge in [-0.05, 0) is 12.5 Å². The Labute approximate surface area is 102 Å². The van der Waals surface area contributed by atoms with Crippen molar-refractivity contribution in [3.8, 4) is 17.5 Å². The number of H-pyrrole nitrogens is 1. The first kappa shape index (κ1) is 11.7. The van der Waals surface area contributed by atoms with Gasteiger partial charge in [0.25, 0.3) is 5.69 Å². The number of nitro groups is 1. The number of aromatic nitrogens is 3. The molecule has 0 atom stereocenters. The predicted octanol–water partition coefficient (Wildman–Crippen LogP) is 1.75. The quantitative estimate of drug-likeness (QED) is 0.652. The molecule has 0 bridgehead atoms. The van der Waals surface area contributed by atoms with Crippen LogP contribution in [-0.2, 0) is 6.42 Å². The first-order chi connectivity index (χ1) is 8.61. The molecule has 2 rings (SSSR count). The van der Waals surface area contributed by atoms with Crippen LogP contribution in [0.25, 0.3) is 11.4 Å². The van der Waals surface area contributed by atoms with Crippen molar-refractivity contribution in [2.45, 2.75) is 13.3 Å². The van der Waals surface area contributed by atoms with E-state index in [1.54, 1.807) is 6.07 Å². The number of aryl methyl sites for hydroxylation is 1. The highest BCUT2D eigenvalue weighted by Gasteiger charge is 2.13. The summed E-state index contributed by atoms with van der Waals surface area (Å²) in [5, 5.41) is 25.8. The summed E-state index contributed by atoms with van der Waals surface area (Å²) in [4.78, 5) is 14.4. The van der Waals surface area contributed by atoms with E-state index in [1.165, 1.54) is 12.1 Å². The molecule has 0 spiro atoms. The summed E-state index contributed by atoms with van der Waals surface area (Å²) in [6, 6.07) is 6.46. The smallest absolute Gasteiger partial charge is 0.262 e. The van der Waals surface area contributed by atoms with Crippen molar-refractivity contribution in [3.63, 3.8) is 0 Å². The van der Waals surface area contributed by atoms with E-state index >= 15 is 0 Å². The molecule has 0 aliphatic heterocycles. The molecule has 0 unspecified atom stereocenters. The van der Waals surface area contributed by atoms with Crippen LogP contribution in [0.4, 0.5) is 5.69 Å². The van der Waals surface area contributed by atoms with Crippen molar-refractivity contribution in [3.05, 3.63) is 39.7 Å². The number of rotatable bonds is 3. The van der Waals surface area contributed by atoms with E-state index in [0.29, 0.717) is 17.2 Å². The van der Waals surface area contributed by atoms with Crippen LogP contribution in [0.2, 0.25) is 0 Å². The van der Waals surface area contributed by atoms with Crippen molar-refractivity contribution >= 4 is 5.69 Å². The third-order valence-corrected chi connectivity index (χ3v) is 2.45. The zero-order valence-electron chi connectivity index (χ0n) is 9.54. The van der Waals surface area contributed by atoms with Crippen LogP contribution < -0.4 is 0 Å². The van der Waals surface area contributed by atoms with Crippen molar-refractivity contribution < 1.29 is 4.92 Å². The van der Waals surface area contributed by atoms with E-state index < -0.39 is 4.92 Å². The largest absolute Gasteiger partial charge is 0.270 e. The lowest BCUT2D eigenvalue weighted by atomic mass is 10.1. The maximum atomic E-state index is 10.7. The second-order valence-electron chi connectivity index (χ2n) is 3.70. The standard InChI is InChI=1S/C11H9N5O2/c1-7-2-3-8(16(17)18)6-9(7)11-13-10(4-5-12)14-15-11/h2-3,6H,4H2,1H3,(H,13,14,15). The maximum absolute atomic E-state index is 10.7. The molecule has 2 aromatic rings. The van der Waals surface area contributed by atoms with Crippen LogP contribution in [0.5, 0.6) is 0 Å². The number of hydrogen-bond donors (Lipinski definition) is 1. The van der Waals surface area contributed by atoms with Crippen LogP contribution in [0.1, 0.15) is 11.4 Å². The summed E-state index contributed by atoms with van der Waals surface area (Å²) in [5.74, 6) is 0.805. The topological polar surface area (TPSA) is 108 Å². The molecule has 0 saturated carbocycles. The normalized spacial score (nSPS) is 10.0. The molecule has 90 valence electrons. The van der Waals surface area contributed by atoms with Gasteiger partial charge in [-0.2, -0.15) is 10.4 Å². The fourth-order valence-corrected chi connectivity index (χ4v) is 1.53. The van der Waals surface area contributed by atoms with E-state index in [0.717, 1.165) is 5.56 Å². The average molecular weight is 243 g/mol. The minimum absolute atomic E-state index is 0.0118. The first-order valence-electron chi connectivity index (χ1n) is 5.15. The summed E-state index contributed by atoms with van der Waals surface area (Å²) in [6.07, 6.45) is 0.126. The maximum Gasteiger partial charge on any atom is 0.270 e. The van der Waals surface area contributed by atoms with Gasteiger partial charge in [-0.1, -0.05) is 6.07 Å². The van der Waals surface area contributed by atoms with Crippen molar-refractivity contribution in [1.29, 1.82) is 5.26 Å². The summed E-state index contributed by atoms with van der Waals surface area (Å²) in [6.45, 7) is 1.82. The first-order valence-corrected chi connectivity index (χ1v) is 5.15. The Hall–Kier alpha value is -2.75. The van der Waals surface area contributed by atoms with E-state index in [-0.39, 0.29) is 12.1 Å². The molecule has 0 radical (unpaired) electrons. The fourth-order valence-electron chi connectivity index (χ4n) is 1.53. The Kier molecular flexibility index (Phi) is 3.02. The highest BCUT2D eigenvalue weighted by Crippen LogP contribution is 2.24. The number of benzene rings is 1. The zero-order valence-corrected chi connectivity index (χ0v) is 9.54. The number of nitrogens with zero attached hydrogens (tertiary/aromatic N) is 4. The lowest BCUT2D eigenvalue weighted by Gasteiger charge is -2.00. The van der Waals surface area contributed by atoms with E-state index in [4.69, 9.17) is 5.26 Å². The van der Waals surface area contributed by atoms with Crippen LogP contribution in [0.15, 0.2) is 18.2 Å². The summed E-state index contributed by atoms with van der Waals surface area (Å²) >= 11 is 0. The number of hydrogen-bond acceptors (Lipinski definition) is 5. The molecular weight excluding hydrogens is 234 g/mol.